The van der Waals surface area contributed by atoms with Crippen LogP contribution in [0.1, 0.15) is 17.0 Å². The van der Waals surface area contributed by atoms with Gasteiger partial charge in [-0.3, -0.25) is 10.1 Å². The van der Waals surface area contributed by atoms with E-state index in [0.717, 1.165) is 10.9 Å². The molecule has 134 valence electrons. The Labute approximate surface area is 156 Å². The van der Waals surface area contributed by atoms with Crippen molar-refractivity contribution in [2.75, 3.05) is 0 Å². The number of ether oxygens (including phenoxy) is 1. The minimum Gasteiger partial charge on any atom is -0.428 e. The van der Waals surface area contributed by atoms with Crippen molar-refractivity contribution >= 4 is 33.5 Å². The number of benzene rings is 2. The van der Waals surface area contributed by atoms with E-state index in [-0.39, 0.29) is 16.9 Å². The van der Waals surface area contributed by atoms with Crippen LogP contribution in [0.5, 0.6) is 5.75 Å². The Kier molecular flexibility index (Phi) is 3.29. The summed E-state index contributed by atoms with van der Waals surface area (Å²) in [5.41, 5.74) is 1.18. The van der Waals surface area contributed by atoms with Gasteiger partial charge in [0.05, 0.1) is 15.9 Å². The average molecular weight is 383 g/mol. The standard InChI is InChI=1S/C19H11ClN2O5/c20-9-5-6-14-11(7-9)17-16(19(23)26-14)15(18(27-17)22(24)25)12-8-21-13-4-2-1-3-10(12)13/h1-8,15,18,21H. The maximum atomic E-state index is 12.7. The molecule has 8 heteroatoms. The lowest BCUT2D eigenvalue weighted by molar-refractivity contribution is -0.561. The number of nitrogens with zero attached hydrogens (tertiary/aromatic N) is 1. The Hall–Kier alpha value is -3.32. The highest BCUT2D eigenvalue weighted by molar-refractivity contribution is 6.31. The summed E-state index contributed by atoms with van der Waals surface area (Å²) in [6.07, 6.45) is 0.234. The first kappa shape index (κ1) is 15.9. The van der Waals surface area contributed by atoms with Gasteiger partial charge in [-0.25, -0.2) is 4.79 Å². The summed E-state index contributed by atoms with van der Waals surface area (Å²) in [7, 11) is 0. The van der Waals surface area contributed by atoms with Crippen molar-refractivity contribution in [2.24, 2.45) is 0 Å². The molecule has 1 aliphatic heterocycles. The van der Waals surface area contributed by atoms with E-state index in [4.69, 9.17) is 20.8 Å². The van der Waals surface area contributed by atoms with Gasteiger partial charge in [0.1, 0.15) is 17.3 Å². The molecule has 0 spiro atoms. The molecule has 0 bridgehead atoms. The van der Waals surface area contributed by atoms with Crippen LogP contribution in [-0.4, -0.2) is 16.1 Å². The maximum absolute atomic E-state index is 12.7. The van der Waals surface area contributed by atoms with Crippen LogP contribution in [0.4, 0.5) is 0 Å². The number of hydrogen-bond acceptors (Lipinski definition) is 5. The Morgan fingerprint density at radius 3 is 2.78 bits per heavy atom. The largest absolute Gasteiger partial charge is 0.428 e. The molecule has 0 aliphatic carbocycles. The molecule has 2 atom stereocenters. The zero-order valence-electron chi connectivity index (χ0n) is 13.6. The first-order chi connectivity index (χ1) is 13.0. The second-order valence-electron chi connectivity index (χ2n) is 6.33. The molecule has 0 radical (unpaired) electrons. The Morgan fingerprint density at radius 2 is 1.96 bits per heavy atom. The number of nitro groups is 1. The predicted molar refractivity (Wildman–Crippen MR) is 99.0 cm³/mol. The van der Waals surface area contributed by atoms with Crippen LogP contribution < -0.4 is 10.4 Å². The number of aromatic amines is 1. The molecule has 0 amide bonds. The summed E-state index contributed by atoms with van der Waals surface area (Å²) in [5.74, 6) is -0.744. The predicted octanol–water partition coefficient (Wildman–Crippen LogP) is 4.05. The number of halogens is 1. The van der Waals surface area contributed by atoms with Gasteiger partial charge in [-0.15, -0.1) is 0 Å². The summed E-state index contributed by atoms with van der Waals surface area (Å²) in [4.78, 5) is 27.0. The van der Waals surface area contributed by atoms with Crippen molar-refractivity contribution in [3.63, 3.8) is 0 Å². The third-order valence-corrected chi connectivity index (χ3v) is 5.09. The molecule has 4 aromatic rings. The van der Waals surface area contributed by atoms with Crippen LogP contribution in [0.25, 0.3) is 21.9 Å². The van der Waals surface area contributed by atoms with Crippen LogP contribution in [0.3, 0.4) is 0 Å². The number of fused-ring (bicyclic) bond motifs is 4. The number of aromatic nitrogens is 1. The van der Waals surface area contributed by atoms with Crippen LogP contribution in [0.2, 0.25) is 5.02 Å². The molecule has 5 rings (SSSR count). The highest BCUT2D eigenvalue weighted by Gasteiger charge is 2.48. The second-order valence-corrected chi connectivity index (χ2v) is 6.77. The Morgan fingerprint density at radius 1 is 1.15 bits per heavy atom. The van der Waals surface area contributed by atoms with Crippen molar-refractivity contribution in [2.45, 2.75) is 12.1 Å². The highest BCUT2D eigenvalue weighted by Crippen LogP contribution is 2.46. The SMILES string of the molecule is O=c1oc2ccc(Cl)cc2c2c1C(c1c[nH]c3ccccc13)C([N+](=O)[O-])O2. The summed E-state index contributed by atoms with van der Waals surface area (Å²) >= 11 is 6.06. The fraction of sp³-hybridized carbons (Fsp3) is 0.105. The number of hydrogen-bond donors (Lipinski definition) is 1. The molecule has 7 nitrogen and oxygen atoms in total. The molecule has 2 aromatic carbocycles. The van der Waals surface area contributed by atoms with Gasteiger partial charge in [-0.1, -0.05) is 29.8 Å². The first-order valence-corrected chi connectivity index (χ1v) is 8.55. The molecule has 2 aromatic heterocycles. The molecular weight excluding hydrogens is 372 g/mol. The second kappa shape index (κ2) is 5.59. The van der Waals surface area contributed by atoms with Crippen molar-refractivity contribution in [3.8, 4) is 5.75 Å². The maximum Gasteiger partial charge on any atom is 0.365 e. The van der Waals surface area contributed by atoms with Crippen LogP contribution >= 0.6 is 11.6 Å². The van der Waals surface area contributed by atoms with E-state index >= 15 is 0 Å². The van der Waals surface area contributed by atoms with Gasteiger partial charge in [0.15, 0.2) is 0 Å². The van der Waals surface area contributed by atoms with Gasteiger partial charge in [0, 0.05) is 22.1 Å². The lowest BCUT2D eigenvalue weighted by Gasteiger charge is -2.10. The molecule has 0 saturated carbocycles. The van der Waals surface area contributed by atoms with E-state index in [9.17, 15) is 14.9 Å². The molecule has 2 unspecified atom stereocenters. The van der Waals surface area contributed by atoms with E-state index in [1.54, 1.807) is 24.4 Å². The summed E-state index contributed by atoms with van der Waals surface area (Å²) in [6, 6.07) is 12.1. The minimum atomic E-state index is -1.44. The third kappa shape index (κ3) is 2.25. The van der Waals surface area contributed by atoms with E-state index in [1.807, 2.05) is 24.3 Å². The van der Waals surface area contributed by atoms with Gasteiger partial charge >= 0.3 is 11.9 Å². The normalized spacial score (nSPS) is 18.6. The monoisotopic (exact) mass is 382 g/mol. The number of rotatable bonds is 2. The van der Waals surface area contributed by atoms with Gasteiger partial charge < -0.3 is 14.1 Å². The van der Waals surface area contributed by atoms with E-state index in [1.165, 1.54) is 0 Å². The summed E-state index contributed by atoms with van der Waals surface area (Å²) < 4.78 is 11.1. The van der Waals surface area contributed by atoms with Crippen LogP contribution in [0.15, 0.2) is 57.9 Å². The number of H-pyrrole nitrogens is 1. The molecule has 1 aliphatic rings. The molecule has 1 N–H and O–H groups in total. The fourth-order valence-corrected chi connectivity index (χ4v) is 3.89. The first-order valence-electron chi connectivity index (χ1n) is 8.17. The number of nitrogens with one attached hydrogen (secondary N) is 1. The lowest BCUT2D eigenvalue weighted by Crippen LogP contribution is -2.29. The summed E-state index contributed by atoms with van der Waals surface area (Å²) in [5, 5.41) is 13.4. The van der Waals surface area contributed by atoms with Gasteiger partial charge in [-0.2, -0.15) is 0 Å². The van der Waals surface area contributed by atoms with Crippen molar-refractivity contribution in [3.05, 3.63) is 85.3 Å². The molecule has 0 saturated heterocycles. The Balaban J connectivity index is 1.84. The topological polar surface area (TPSA) is 98.4 Å². The molecule has 3 heterocycles. The highest BCUT2D eigenvalue weighted by atomic mass is 35.5. The number of para-hydroxylation sites is 1. The van der Waals surface area contributed by atoms with E-state index < -0.39 is 22.7 Å². The lowest BCUT2D eigenvalue weighted by atomic mass is 9.91. The van der Waals surface area contributed by atoms with Crippen molar-refractivity contribution in [1.82, 2.24) is 4.98 Å². The van der Waals surface area contributed by atoms with Crippen LogP contribution in [-0.2, 0) is 0 Å². The van der Waals surface area contributed by atoms with Crippen molar-refractivity contribution in [1.29, 1.82) is 0 Å². The Bertz CT molecular complexity index is 1290. The van der Waals surface area contributed by atoms with Gasteiger partial charge in [0.2, 0.25) is 0 Å². The van der Waals surface area contributed by atoms with E-state index in [2.05, 4.69) is 4.98 Å². The third-order valence-electron chi connectivity index (χ3n) is 4.85. The van der Waals surface area contributed by atoms with Gasteiger partial charge in [0.25, 0.3) is 0 Å². The van der Waals surface area contributed by atoms with Crippen molar-refractivity contribution < 1.29 is 14.1 Å². The quantitative estimate of drug-likeness (QED) is 0.320. The zero-order valence-corrected chi connectivity index (χ0v) is 14.4. The van der Waals surface area contributed by atoms with Crippen LogP contribution in [0, 0.1) is 10.1 Å². The van der Waals surface area contributed by atoms with E-state index in [0.29, 0.717) is 16.0 Å². The molecule has 27 heavy (non-hydrogen) atoms. The average Bonchev–Trinajstić information content (AvgIpc) is 3.24. The fourth-order valence-electron chi connectivity index (χ4n) is 3.71. The van der Waals surface area contributed by atoms with Gasteiger partial charge in [-0.05, 0) is 29.8 Å². The minimum absolute atomic E-state index is 0.135. The zero-order chi connectivity index (χ0) is 18.7. The molecule has 0 fully saturated rings. The molecular formula is C19H11ClN2O5. The summed E-state index contributed by atoms with van der Waals surface area (Å²) in [6.45, 7) is 0. The smallest absolute Gasteiger partial charge is 0.365 e.